The quantitative estimate of drug-likeness (QED) is 0.280. The maximum Gasteiger partial charge on any atom is 0.311 e. The van der Waals surface area contributed by atoms with E-state index in [4.69, 9.17) is 35.3 Å². The van der Waals surface area contributed by atoms with Crippen LogP contribution < -0.4 is 4.74 Å². The van der Waals surface area contributed by atoms with Crippen molar-refractivity contribution in [2.24, 2.45) is 0 Å². The summed E-state index contributed by atoms with van der Waals surface area (Å²) >= 11 is 5.98. The van der Waals surface area contributed by atoms with E-state index in [0.717, 1.165) is 16.7 Å². The van der Waals surface area contributed by atoms with Gasteiger partial charge in [0.05, 0.1) is 38.4 Å². The molecule has 3 aliphatic heterocycles. The Morgan fingerprint density at radius 3 is 2.49 bits per heavy atom. The normalized spacial score (nSPS) is 25.8. The Hall–Kier alpha value is -3.32. The number of ether oxygens (including phenoxy) is 5. The molecule has 0 aliphatic carbocycles. The van der Waals surface area contributed by atoms with Gasteiger partial charge in [0.25, 0.3) is 5.09 Å². The van der Waals surface area contributed by atoms with Crippen LogP contribution in [-0.2, 0) is 40.0 Å². The highest BCUT2D eigenvalue weighted by Gasteiger charge is 2.51. The first-order valence-electron chi connectivity index (χ1n) is 11.6. The molecule has 5 rings (SSSR count). The fourth-order valence-electron chi connectivity index (χ4n) is 4.66. The topological polar surface area (TPSA) is 146 Å². The highest BCUT2D eigenvalue weighted by Crippen LogP contribution is 2.41. The van der Waals surface area contributed by atoms with Crippen molar-refractivity contribution < 1.29 is 43.2 Å². The summed E-state index contributed by atoms with van der Waals surface area (Å²) in [6.07, 6.45) is -2.12. The van der Waals surface area contributed by atoms with Crippen LogP contribution in [0.3, 0.4) is 0 Å². The third-order valence-electron chi connectivity index (χ3n) is 6.41. The van der Waals surface area contributed by atoms with Crippen LogP contribution in [0.5, 0.6) is 5.75 Å². The van der Waals surface area contributed by atoms with Gasteiger partial charge in [-0.1, -0.05) is 23.7 Å². The number of carbonyl (C=O) groups excluding carboxylic acids is 2. The van der Waals surface area contributed by atoms with Crippen LogP contribution in [0.15, 0.2) is 30.5 Å². The Labute approximate surface area is 215 Å². The molecule has 2 saturated heterocycles. The molecule has 2 aromatic rings. The second-order valence-corrected chi connectivity index (χ2v) is 9.25. The van der Waals surface area contributed by atoms with E-state index < -0.39 is 41.4 Å². The smallest absolute Gasteiger partial charge is 0.311 e. The van der Waals surface area contributed by atoms with Gasteiger partial charge in [-0.2, -0.15) is 0 Å². The van der Waals surface area contributed by atoms with Gasteiger partial charge >= 0.3 is 11.9 Å². The number of esters is 2. The van der Waals surface area contributed by atoms with Crippen molar-refractivity contribution in [1.82, 2.24) is 4.98 Å². The summed E-state index contributed by atoms with van der Waals surface area (Å²) in [5, 5.41) is 10.3. The number of carbonyl (C=O) groups is 2. The third kappa shape index (κ3) is 5.37. The lowest BCUT2D eigenvalue weighted by Crippen LogP contribution is -2.35. The van der Waals surface area contributed by atoms with Crippen molar-refractivity contribution in [2.45, 2.75) is 56.9 Å². The molecule has 1 aromatic heterocycles. The van der Waals surface area contributed by atoms with Crippen molar-refractivity contribution in [3.63, 3.8) is 0 Å². The zero-order valence-corrected chi connectivity index (χ0v) is 20.4. The van der Waals surface area contributed by atoms with E-state index in [-0.39, 0.29) is 38.8 Å². The van der Waals surface area contributed by atoms with Crippen molar-refractivity contribution >= 4 is 23.5 Å². The van der Waals surface area contributed by atoms with E-state index >= 15 is 0 Å². The molecule has 13 heteroatoms. The summed E-state index contributed by atoms with van der Waals surface area (Å²) < 4.78 is 27.8. The molecule has 0 saturated carbocycles. The first kappa shape index (κ1) is 25.3. The van der Waals surface area contributed by atoms with Gasteiger partial charge in [0, 0.05) is 22.3 Å². The lowest BCUT2D eigenvalue weighted by Gasteiger charge is -2.16. The zero-order chi connectivity index (χ0) is 26.1. The molecule has 1 aromatic carbocycles. The molecule has 0 N–H and O–H groups in total. The molecule has 4 heterocycles. The SMILES string of the molecule is Cc1ncc2c(c1OC(=O)CCC(=O)O[C@@H]1CO[C@H]3[C@@H]1OC[C@H]3O[N+](=O)[O-])CO[C@H]2c1ccc(Cl)cc1. The van der Waals surface area contributed by atoms with Crippen LogP contribution in [0.25, 0.3) is 0 Å². The molecule has 196 valence electrons. The van der Waals surface area contributed by atoms with Crippen LogP contribution >= 0.6 is 11.6 Å². The number of hydrogen-bond acceptors (Lipinski definition) is 11. The Morgan fingerprint density at radius 2 is 1.76 bits per heavy atom. The number of fused-ring (bicyclic) bond motifs is 2. The highest BCUT2D eigenvalue weighted by atomic mass is 35.5. The van der Waals surface area contributed by atoms with Crippen LogP contribution in [-0.4, -0.2) is 59.6 Å². The fourth-order valence-corrected chi connectivity index (χ4v) is 4.79. The lowest BCUT2D eigenvalue weighted by molar-refractivity contribution is -0.769. The number of aryl methyl sites for hydroxylation is 1. The second kappa shape index (κ2) is 10.6. The van der Waals surface area contributed by atoms with Crippen LogP contribution in [0.2, 0.25) is 5.02 Å². The van der Waals surface area contributed by atoms with Crippen molar-refractivity contribution in [2.75, 3.05) is 13.2 Å². The maximum absolute atomic E-state index is 12.6. The molecule has 2 fully saturated rings. The van der Waals surface area contributed by atoms with E-state index in [1.54, 1.807) is 25.3 Å². The van der Waals surface area contributed by atoms with E-state index in [1.807, 2.05) is 12.1 Å². The minimum Gasteiger partial charge on any atom is -0.457 e. The van der Waals surface area contributed by atoms with Crippen LogP contribution in [0, 0.1) is 17.0 Å². The minimum atomic E-state index is -0.909. The Kier molecular flexibility index (Phi) is 7.24. The summed E-state index contributed by atoms with van der Waals surface area (Å²) in [6, 6.07) is 7.27. The monoisotopic (exact) mass is 534 g/mol. The summed E-state index contributed by atoms with van der Waals surface area (Å²) in [5.41, 5.74) is 2.94. The average Bonchev–Trinajstić information content (AvgIpc) is 3.57. The van der Waals surface area contributed by atoms with Crippen LogP contribution in [0.4, 0.5) is 0 Å². The fraction of sp³-hybridized carbons (Fsp3) is 0.458. The van der Waals surface area contributed by atoms with Gasteiger partial charge in [-0.15, -0.1) is 10.1 Å². The van der Waals surface area contributed by atoms with Gasteiger partial charge in [-0.05, 0) is 24.6 Å². The van der Waals surface area contributed by atoms with Gasteiger partial charge in [0.15, 0.2) is 18.0 Å². The molecule has 5 atom stereocenters. The first-order valence-corrected chi connectivity index (χ1v) is 12.0. The molecular formula is C24H23ClN2O10. The minimum absolute atomic E-state index is 0.0128. The number of benzene rings is 1. The summed E-state index contributed by atoms with van der Waals surface area (Å²) in [6.45, 7) is 1.93. The van der Waals surface area contributed by atoms with Gasteiger partial charge in [-0.3, -0.25) is 14.6 Å². The number of hydrogen-bond donors (Lipinski definition) is 0. The van der Waals surface area contributed by atoms with Gasteiger partial charge in [-0.25, -0.2) is 0 Å². The number of halogens is 1. The van der Waals surface area contributed by atoms with Crippen molar-refractivity contribution in [3.8, 4) is 5.75 Å². The highest BCUT2D eigenvalue weighted by molar-refractivity contribution is 6.30. The summed E-state index contributed by atoms with van der Waals surface area (Å²) in [5.74, 6) is -0.953. The van der Waals surface area contributed by atoms with Gasteiger partial charge < -0.3 is 28.5 Å². The van der Waals surface area contributed by atoms with Crippen molar-refractivity contribution in [3.05, 3.63) is 68.0 Å². The maximum atomic E-state index is 12.6. The predicted octanol–water partition coefficient (Wildman–Crippen LogP) is 2.63. The van der Waals surface area contributed by atoms with Gasteiger partial charge in [0.2, 0.25) is 0 Å². The van der Waals surface area contributed by atoms with E-state index in [0.29, 0.717) is 16.5 Å². The zero-order valence-electron chi connectivity index (χ0n) is 19.7. The molecule has 0 amide bonds. The Morgan fingerprint density at radius 1 is 1.08 bits per heavy atom. The standard InChI is InChI=1S/C24H23ClN2O10/c1-12-21(16-9-32-22(15(16)8-26-12)13-2-4-14(25)5-3-13)36-20(29)7-6-19(28)35-17-10-33-24-18(37-27(30)31)11-34-23(17)24/h2-5,8,17-18,22-24H,6-7,9-11H2,1H3/t17-,18-,22+,23-,24-/m1/s1. The summed E-state index contributed by atoms with van der Waals surface area (Å²) in [7, 11) is 0. The Bertz CT molecular complexity index is 1210. The third-order valence-corrected chi connectivity index (χ3v) is 6.67. The summed E-state index contributed by atoms with van der Waals surface area (Å²) in [4.78, 5) is 44.4. The molecule has 0 unspecified atom stereocenters. The first-order chi connectivity index (χ1) is 17.8. The van der Waals surface area contributed by atoms with E-state index in [9.17, 15) is 19.7 Å². The largest absolute Gasteiger partial charge is 0.457 e. The van der Waals surface area contributed by atoms with Gasteiger partial charge in [0.1, 0.15) is 18.3 Å². The van der Waals surface area contributed by atoms with Crippen LogP contribution in [0.1, 0.15) is 41.3 Å². The Balaban J connectivity index is 1.16. The number of rotatable bonds is 8. The average molecular weight is 535 g/mol. The number of pyridine rings is 1. The van der Waals surface area contributed by atoms with E-state index in [2.05, 4.69) is 9.82 Å². The predicted molar refractivity (Wildman–Crippen MR) is 123 cm³/mol. The number of aromatic nitrogens is 1. The van der Waals surface area contributed by atoms with E-state index in [1.165, 1.54) is 0 Å². The van der Waals surface area contributed by atoms with Crippen molar-refractivity contribution in [1.29, 1.82) is 0 Å². The molecule has 0 bridgehead atoms. The lowest BCUT2D eigenvalue weighted by atomic mass is 10.0. The molecular weight excluding hydrogens is 512 g/mol. The molecule has 37 heavy (non-hydrogen) atoms. The second-order valence-electron chi connectivity index (χ2n) is 8.81. The molecule has 0 spiro atoms. The molecule has 3 aliphatic rings. The molecule has 0 radical (unpaired) electrons. The number of nitrogens with zero attached hydrogens (tertiary/aromatic N) is 2. The molecule has 12 nitrogen and oxygen atoms in total.